The van der Waals surface area contributed by atoms with Gasteiger partial charge in [0.15, 0.2) is 23.3 Å². The van der Waals surface area contributed by atoms with Crippen LogP contribution in [0.5, 0.6) is 0 Å². The number of nitro groups is 1. The fourth-order valence-corrected chi connectivity index (χ4v) is 2.02. The van der Waals surface area contributed by atoms with Gasteiger partial charge >= 0.3 is 0 Å². The molecule has 0 aliphatic rings. The van der Waals surface area contributed by atoms with Crippen LogP contribution in [0.3, 0.4) is 0 Å². The minimum absolute atomic E-state index is 0.165. The molecule has 1 N–H and O–H groups in total. The van der Waals surface area contributed by atoms with E-state index in [0.29, 0.717) is 5.69 Å². The summed E-state index contributed by atoms with van der Waals surface area (Å²) in [7, 11) is 3.20. The van der Waals surface area contributed by atoms with Gasteiger partial charge in [-0.15, -0.1) is 0 Å². The molecule has 0 saturated heterocycles. The molecular weight excluding hydrogens is 363 g/mol. The maximum atomic E-state index is 13.5. The van der Waals surface area contributed by atoms with Crippen LogP contribution < -0.4 is 10.3 Å². The van der Waals surface area contributed by atoms with Gasteiger partial charge in [-0.1, -0.05) is 6.07 Å². The van der Waals surface area contributed by atoms with E-state index in [1.165, 1.54) is 17.0 Å². The van der Waals surface area contributed by atoms with Gasteiger partial charge in [-0.2, -0.15) is 5.10 Å². The van der Waals surface area contributed by atoms with E-state index >= 15 is 0 Å². The van der Waals surface area contributed by atoms with E-state index in [1.807, 2.05) is 0 Å². The van der Waals surface area contributed by atoms with Gasteiger partial charge in [0, 0.05) is 25.7 Å². The van der Waals surface area contributed by atoms with Crippen LogP contribution in [0.2, 0.25) is 0 Å². The number of hydrogen-bond donors (Lipinski definition) is 1. The molecule has 0 amide bonds. The number of anilines is 2. The minimum Gasteiger partial charge on any atom is -0.372 e. The van der Waals surface area contributed by atoms with Gasteiger partial charge in [0.25, 0.3) is 5.69 Å². The molecule has 0 aliphatic heterocycles. The Bertz CT molecular complexity index is 873. The van der Waals surface area contributed by atoms with Gasteiger partial charge in [-0.25, -0.2) is 22.0 Å². The van der Waals surface area contributed by atoms with Crippen molar-refractivity contribution in [3.63, 3.8) is 0 Å². The third-order valence-electron chi connectivity index (χ3n) is 3.28. The van der Waals surface area contributed by atoms with Crippen LogP contribution in [0.25, 0.3) is 0 Å². The molecule has 0 unspecified atom stereocenters. The maximum Gasteiger partial charge on any atom is 0.293 e. The first kappa shape index (κ1) is 19.1. The topological polar surface area (TPSA) is 70.8 Å². The zero-order valence-corrected chi connectivity index (χ0v) is 13.4. The fraction of sp³-hybridized carbons (Fsp3) is 0.133. The van der Waals surface area contributed by atoms with Crippen molar-refractivity contribution >= 4 is 23.3 Å². The summed E-state index contributed by atoms with van der Waals surface area (Å²) in [6.07, 6.45) is 0.935. The number of halogens is 5. The minimum atomic E-state index is -2.29. The van der Waals surface area contributed by atoms with Crippen LogP contribution in [0, 0.1) is 39.2 Å². The molecule has 0 aliphatic carbocycles. The zero-order chi connectivity index (χ0) is 19.6. The van der Waals surface area contributed by atoms with Gasteiger partial charge in [-0.3, -0.25) is 15.5 Å². The molecule has 2 aromatic rings. The Labute approximate surface area is 143 Å². The maximum absolute atomic E-state index is 13.5. The molecule has 2 aromatic carbocycles. The summed E-state index contributed by atoms with van der Waals surface area (Å²) in [5.41, 5.74) is 0.598. The Balaban J connectivity index is 2.33. The first-order valence-corrected chi connectivity index (χ1v) is 6.91. The lowest BCUT2D eigenvalue weighted by Crippen LogP contribution is -2.11. The highest BCUT2D eigenvalue weighted by Crippen LogP contribution is 2.28. The molecule has 0 aromatic heterocycles. The SMILES string of the molecule is CN(C)c1ccc(/C=N\Nc2c(F)c(F)c(F)c(F)c2F)cc1[N+](=O)[O-]. The predicted octanol–water partition coefficient (Wildman–Crippen LogP) is 3.80. The van der Waals surface area contributed by atoms with Crippen molar-refractivity contribution in [3.05, 3.63) is 63.0 Å². The summed E-state index contributed by atoms with van der Waals surface area (Å²) in [5.74, 6) is -10.7. The Morgan fingerprint density at radius 2 is 1.58 bits per heavy atom. The van der Waals surface area contributed by atoms with E-state index in [9.17, 15) is 32.1 Å². The lowest BCUT2D eigenvalue weighted by atomic mass is 10.2. The molecule has 138 valence electrons. The first-order chi connectivity index (χ1) is 12.1. The molecule has 0 bridgehead atoms. The molecule has 0 spiro atoms. The average molecular weight is 374 g/mol. The van der Waals surface area contributed by atoms with Crippen molar-refractivity contribution in [2.45, 2.75) is 0 Å². The Kier molecular flexibility index (Phi) is 5.38. The van der Waals surface area contributed by atoms with Crippen LogP contribution in [0.15, 0.2) is 23.3 Å². The molecule has 11 heteroatoms. The highest BCUT2D eigenvalue weighted by Gasteiger charge is 2.25. The molecule has 0 atom stereocenters. The molecule has 0 saturated carbocycles. The number of hydrogen-bond acceptors (Lipinski definition) is 5. The predicted molar refractivity (Wildman–Crippen MR) is 84.9 cm³/mol. The van der Waals surface area contributed by atoms with Crippen LogP contribution in [0.4, 0.5) is 39.0 Å². The lowest BCUT2D eigenvalue weighted by Gasteiger charge is -2.12. The quantitative estimate of drug-likeness (QED) is 0.216. The summed E-state index contributed by atoms with van der Waals surface area (Å²) in [6.45, 7) is 0. The molecule has 2 rings (SSSR count). The first-order valence-electron chi connectivity index (χ1n) is 6.91. The third-order valence-corrected chi connectivity index (χ3v) is 3.28. The van der Waals surface area contributed by atoms with E-state index in [4.69, 9.17) is 0 Å². The van der Waals surface area contributed by atoms with Crippen molar-refractivity contribution in [1.82, 2.24) is 0 Å². The summed E-state index contributed by atoms with van der Waals surface area (Å²) < 4.78 is 66.1. The smallest absolute Gasteiger partial charge is 0.293 e. The molecule has 26 heavy (non-hydrogen) atoms. The van der Waals surface area contributed by atoms with E-state index in [0.717, 1.165) is 12.3 Å². The van der Waals surface area contributed by atoms with Crippen LogP contribution in [0.1, 0.15) is 5.56 Å². The van der Waals surface area contributed by atoms with Crippen molar-refractivity contribution in [1.29, 1.82) is 0 Å². The van der Waals surface area contributed by atoms with Gasteiger partial charge in [0.2, 0.25) is 5.82 Å². The average Bonchev–Trinajstić information content (AvgIpc) is 2.60. The highest BCUT2D eigenvalue weighted by atomic mass is 19.2. The number of nitrogens with zero attached hydrogens (tertiary/aromatic N) is 3. The van der Waals surface area contributed by atoms with E-state index in [-0.39, 0.29) is 11.3 Å². The van der Waals surface area contributed by atoms with Crippen LogP contribution >= 0.6 is 0 Å². The number of rotatable bonds is 5. The normalized spacial score (nSPS) is 11.0. The van der Waals surface area contributed by atoms with Crippen molar-refractivity contribution in [3.8, 4) is 0 Å². The molecule has 0 fully saturated rings. The van der Waals surface area contributed by atoms with Crippen LogP contribution in [-0.4, -0.2) is 25.2 Å². The van der Waals surface area contributed by atoms with Gasteiger partial charge < -0.3 is 4.90 Å². The molecular formula is C15H11F5N4O2. The second-order valence-electron chi connectivity index (χ2n) is 5.21. The van der Waals surface area contributed by atoms with Crippen molar-refractivity contribution in [2.75, 3.05) is 24.4 Å². The Hall–Kier alpha value is -3.24. The summed E-state index contributed by atoms with van der Waals surface area (Å²) >= 11 is 0. The van der Waals surface area contributed by atoms with Gasteiger partial charge in [0.05, 0.1) is 11.1 Å². The second kappa shape index (κ2) is 7.33. The summed E-state index contributed by atoms with van der Waals surface area (Å²) in [6, 6.07) is 3.98. The van der Waals surface area contributed by atoms with Gasteiger partial charge in [0.1, 0.15) is 11.4 Å². The monoisotopic (exact) mass is 374 g/mol. The van der Waals surface area contributed by atoms with Gasteiger partial charge in [-0.05, 0) is 6.07 Å². The number of nitrogens with one attached hydrogen (secondary N) is 1. The third kappa shape index (κ3) is 3.55. The van der Waals surface area contributed by atoms with E-state index in [2.05, 4.69) is 5.10 Å². The standard InChI is InChI=1S/C15H11F5N4O2/c1-23(2)8-4-3-7(5-9(8)24(25)26)6-21-22-15-13(19)11(17)10(16)12(18)14(15)20/h3-6,22H,1-2H3/b21-6-. The lowest BCUT2D eigenvalue weighted by molar-refractivity contribution is -0.384. The Morgan fingerprint density at radius 3 is 2.08 bits per heavy atom. The molecule has 6 nitrogen and oxygen atoms in total. The summed E-state index contributed by atoms with van der Waals surface area (Å²) in [5, 5.41) is 14.4. The van der Waals surface area contributed by atoms with Crippen molar-refractivity contribution < 1.29 is 26.9 Å². The highest BCUT2D eigenvalue weighted by molar-refractivity contribution is 5.83. The molecule has 0 heterocycles. The van der Waals surface area contributed by atoms with Crippen LogP contribution in [-0.2, 0) is 0 Å². The largest absolute Gasteiger partial charge is 0.372 e. The number of benzene rings is 2. The fourth-order valence-electron chi connectivity index (χ4n) is 2.02. The zero-order valence-electron chi connectivity index (χ0n) is 13.4. The number of nitro benzene ring substituents is 1. The van der Waals surface area contributed by atoms with E-state index in [1.54, 1.807) is 19.5 Å². The number of hydrazone groups is 1. The second-order valence-corrected chi connectivity index (χ2v) is 5.21. The molecule has 0 radical (unpaired) electrons. The Morgan fingerprint density at radius 1 is 1.04 bits per heavy atom. The van der Waals surface area contributed by atoms with Crippen molar-refractivity contribution in [2.24, 2.45) is 5.10 Å². The van der Waals surface area contributed by atoms with E-state index < -0.39 is 39.7 Å². The summed E-state index contributed by atoms with van der Waals surface area (Å²) in [4.78, 5) is 11.9.